The van der Waals surface area contributed by atoms with E-state index in [1.165, 1.54) is 0 Å². The summed E-state index contributed by atoms with van der Waals surface area (Å²) in [7, 11) is 0. The summed E-state index contributed by atoms with van der Waals surface area (Å²) in [5.41, 5.74) is 1.91. The van der Waals surface area contributed by atoms with Gasteiger partial charge >= 0.3 is 0 Å². The number of nitrogens with one attached hydrogen (secondary N) is 1. The summed E-state index contributed by atoms with van der Waals surface area (Å²) in [6, 6.07) is 5.78. The molecule has 1 amide bonds. The molecule has 2 aromatic rings. The lowest BCUT2D eigenvalue weighted by Crippen LogP contribution is -2.11. The number of benzene rings is 1. The molecule has 3 heterocycles. The molecule has 0 bridgehead atoms. The lowest BCUT2D eigenvalue weighted by Gasteiger charge is -2.15. The van der Waals surface area contributed by atoms with Crippen molar-refractivity contribution >= 4 is 46.3 Å². The highest BCUT2D eigenvalue weighted by atomic mass is 35.5. The van der Waals surface area contributed by atoms with E-state index >= 15 is 0 Å². The van der Waals surface area contributed by atoms with Crippen molar-refractivity contribution in [3.63, 3.8) is 0 Å². The summed E-state index contributed by atoms with van der Waals surface area (Å²) >= 11 is 9.49. The molecule has 0 radical (unpaired) electrons. The molecular weight excluding hydrogens is 330 g/mol. The minimum atomic E-state index is 0.0222. The number of halogens is 1. The summed E-state index contributed by atoms with van der Waals surface area (Å²) in [6.07, 6.45) is 0. The number of rotatable bonds is 1. The zero-order valence-corrected chi connectivity index (χ0v) is 13.1. The van der Waals surface area contributed by atoms with Gasteiger partial charge in [0.2, 0.25) is 12.7 Å². The van der Waals surface area contributed by atoms with Crippen molar-refractivity contribution in [3.8, 4) is 11.5 Å². The molecule has 0 saturated carbocycles. The number of thioether (sulfide) groups is 1. The fraction of sp³-hybridized carbons (Fsp3) is 0.214. The van der Waals surface area contributed by atoms with Gasteiger partial charge in [-0.15, -0.1) is 23.1 Å². The summed E-state index contributed by atoms with van der Waals surface area (Å²) in [5, 5.41) is 5.52. The molecule has 21 heavy (non-hydrogen) atoms. The van der Waals surface area contributed by atoms with Gasteiger partial charge in [0.05, 0.1) is 21.7 Å². The lowest BCUT2D eigenvalue weighted by atomic mass is 10.1. The zero-order valence-electron chi connectivity index (χ0n) is 10.7. The van der Waals surface area contributed by atoms with Crippen LogP contribution in [0.25, 0.3) is 0 Å². The van der Waals surface area contributed by atoms with E-state index in [4.69, 9.17) is 21.1 Å². The molecule has 1 aromatic heterocycles. The molecule has 4 rings (SSSR count). The van der Waals surface area contributed by atoms with E-state index < -0.39 is 0 Å². The molecular formula is C14H10ClNO3S2. The van der Waals surface area contributed by atoms with Crippen LogP contribution in [0.5, 0.6) is 11.5 Å². The van der Waals surface area contributed by atoms with E-state index in [0.717, 1.165) is 16.1 Å². The van der Waals surface area contributed by atoms with Crippen molar-refractivity contribution in [2.75, 3.05) is 17.9 Å². The van der Waals surface area contributed by atoms with E-state index in [9.17, 15) is 4.79 Å². The van der Waals surface area contributed by atoms with Crippen LogP contribution in [0.2, 0.25) is 5.02 Å². The number of amides is 1. The Balaban J connectivity index is 1.80. The standard InChI is InChI=1S/C14H10ClNO3S2/c15-8-3-7(4-10-12(8)19-6-18-10)13-14-9(1-2-20-14)16-11(17)5-21-13/h1-4,13H,5-6H2,(H,16,17)/t13-/m0/s1. The average molecular weight is 340 g/mol. The summed E-state index contributed by atoms with van der Waals surface area (Å²) in [5.74, 6) is 1.70. The van der Waals surface area contributed by atoms with Crippen LogP contribution in [0.1, 0.15) is 15.7 Å². The first kappa shape index (κ1) is 13.3. The fourth-order valence-corrected chi connectivity index (χ4v) is 4.93. The molecule has 2 aliphatic heterocycles. The molecule has 0 aliphatic carbocycles. The van der Waals surface area contributed by atoms with Crippen LogP contribution < -0.4 is 14.8 Å². The number of carbonyl (C=O) groups excluding carboxylic acids is 1. The van der Waals surface area contributed by atoms with Crippen LogP contribution in [0.4, 0.5) is 5.69 Å². The summed E-state index contributed by atoms with van der Waals surface area (Å²) in [6.45, 7) is 0.195. The predicted octanol–water partition coefficient (Wildman–Crippen LogP) is 3.90. The third kappa shape index (κ3) is 2.27. The Bertz CT molecular complexity index is 731. The molecule has 0 saturated heterocycles. The lowest BCUT2D eigenvalue weighted by molar-refractivity contribution is -0.113. The van der Waals surface area contributed by atoms with Gasteiger partial charge in [0.25, 0.3) is 0 Å². The predicted molar refractivity (Wildman–Crippen MR) is 84.8 cm³/mol. The van der Waals surface area contributed by atoms with Crippen LogP contribution >= 0.6 is 34.7 Å². The topological polar surface area (TPSA) is 47.6 Å². The van der Waals surface area contributed by atoms with Gasteiger partial charge in [0, 0.05) is 4.88 Å². The molecule has 0 spiro atoms. The van der Waals surface area contributed by atoms with Gasteiger partial charge in [-0.1, -0.05) is 11.6 Å². The minimum Gasteiger partial charge on any atom is -0.454 e. The van der Waals surface area contributed by atoms with E-state index in [1.54, 1.807) is 23.1 Å². The Morgan fingerprint density at radius 2 is 2.24 bits per heavy atom. The molecule has 2 aliphatic rings. The molecule has 0 fully saturated rings. The Morgan fingerprint density at radius 1 is 1.33 bits per heavy atom. The van der Waals surface area contributed by atoms with Crippen LogP contribution in [0.3, 0.4) is 0 Å². The van der Waals surface area contributed by atoms with Crippen molar-refractivity contribution in [3.05, 3.63) is 39.0 Å². The second-order valence-corrected chi connectivity index (χ2v) is 7.12. The zero-order chi connectivity index (χ0) is 14.4. The maximum absolute atomic E-state index is 11.8. The maximum atomic E-state index is 11.8. The van der Waals surface area contributed by atoms with Crippen molar-refractivity contribution in [2.45, 2.75) is 5.25 Å². The fourth-order valence-electron chi connectivity index (χ4n) is 2.43. The van der Waals surface area contributed by atoms with Crippen molar-refractivity contribution in [2.24, 2.45) is 0 Å². The Morgan fingerprint density at radius 3 is 3.14 bits per heavy atom. The van der Waals surface area contributed by atoms with E-state index in [-0.39, 0.29) is 18.0 Å². The number of hydrogen-bond donors (Lipinski definition) is 1. The number of ether oxygens (including phenoxy) is 2. The minimum absolute atomic E-state index is 0.0222. The van der Waals surface area contributed by atoms with E-state index in [1.807, 2.05) is 23.6 Å². The van der Waals surface area contributed by atoms with Gasteiger partial charge < -0.3 is 14.8 Å². The quantitative estimate of drug-likeness (QED) is 0.855. The second kappa shape index (κ2) is 5.12. The molecule has 7 heteroatoms. The van der Waals surface area contributed by atoms with E-state index in [2.05, 4.69) is 5.32 Å². The van der Waals surface area contributed by atoms with Crippen LogP contribution in [0.15, 0.2) is 23.6 Å². The average Bonchev–Trinajstić information content (AvgIpc) is 3.06. The van der Waals surface area contributed by atoms with Gasteiger partial charge in [-0.2, -0.15) is 0 Å². The van der Waals surface area contributed by atoms with Crippen molar-refractivity contribution < 1.29 is 14.3 Å². The van der Waals surface area contributed by atoms with Crippen LogP contribution in [-0.4, -0.2) is 18.5 Å². The third-order valence-corrected chi connectivity index (χ3v) is 6.02. The molecule has 1 N–H and O–H groups in total. The highest BCUT2D eigenvalue weighted by Crippen LogP contribution is 2.48. The van der Waals surface area contributed by atoms with Gasteiger partial charge in [-0.3, -0.25) is 4.79 Å². The van der Waals surface area contributed by atoms with Gasteiger partial charge in [0.1, 0.15) is 0 Å². The number of fused-ring (bicyclic) bond motifs is 2. The highest BCUT2D eigenvalue weighted by Gasteiger charge is 2.28. The first-order valence-corrected chi connectivity index (χ1v) is 8.61. The van der Waals surface area contributed by atoms with Crippen LogP contribution in [-0.2, 0) is 4.79 Å². The van der Waals surface area contributed by atoms with Crippen LogP contribution in [0, 0.1) is 0 Å². The number of carbonyl (C=O) groups is 1. The molecule has 0 unspecified atom stereocenters. The summed E-state index contributed by atoms with van der Waals surface area (Å²) < 4.78 is 10.8. The Labute approximate surface area is 134 Å². The van der Waals surface area contributed by atoms with Crippen molar-refractivity contribution in [1.29, 1.82) is 0 Å². The third-order valence-electron chi connectivity index (χ3n) is 3.34. The molecule has 1 aromatic carbocycles. The smallest absolute Gasteiger partial charge is 0.234 e. The first-order valence-electron chi connectivity index (χ1n) is 6.30. The maximum Gasteiger partial charge on any atom is 0.234 e. The van der Waals surface area contributed by atoms with Gasteiger partial charge in [-0.25, -0.2) is 0 Å². The molecule has 108 valence electrons. The Kier molecular flexibility index (Phi) is 3.24. The molecule has 1 atom stereocenters. The largest absolute Gasteiger partial charge is 0.454 e. The summed E-state index contributed by atoms with van der Waals surface area (Å²) in [4.78, 5) is 12.9. The van der Waals surface area contributed by atoms with Gasteiger partial charge in [0.15, 0.2) is 11.5 Å². The van der Waals surface area contributed by atoms with Gasteiger partial charge in [-0.05, 0) is 29.1 Å². The van der Waals surface area contributed by atoms with Crippen molar-refractivity contribution in [1.82, 2.24) is 0 Å². The monoisotopic (exact) mass is 339 g/mol. The number of anilines is 1. The normalized spacial score (nSPS) is 19.9. The van der Waals surface area contributed by atoms with E-state index in [0.29, 0.717) is 22.3 Å². The SMILES string of the molecule is O=C1CS[C@@H](c2cc(Cl)c3c(c2)OCO3)c2sccc2N1. The molecule has 4 nitrogen and oxygen atoms in total. The number of thiophene rings is 1. The highest BCUT2D eigenvalue weighted by molar-refractivity contribution is 8.00. The second-order valence-electron chi connectivity index (χ2n) is 4.67. The first-order chi connectivity index (χ1) is 10.2. The Hall–Kier alpha value is -1.37. The number of hydrogen-bond acceptors (Lipinski definition) is 5.